The largest absolute Gasteiger partial charge is 0.492 e. The topological polar surface area (TPSA) is 113 Å². The third-order valence-electron chi connectivity index (χ3n) is 6.02. The summed E-state index contributed by atoms with van der Waals surface area (Å²) in [4.78, 5) is 14.6. The van der Waals surface area contributed by atoms with Gasteiger partial charge < -0.3 is 4.74 Å². The van der Waals surface area contributed by atoms with Gasteiger partial charge in [0.1, 0.15) is 10.6 Å². The zero-order chi connectivity index (χ0) is 23.7. The Hall–Kier alpha value is -1.69. The number of amides is 1. The van der Waals surface area contributed by atoms with Crippen LogP contribution in [0.5, 0.6) is 5.75 Å². The van der Waals surface area contributed by atoms with Gasteiger partial charge in [0.05, 0.1) is 24.0 Å². The molecule has 2 heterocycles. The Morgan fingerprint density at radius 1 is 1.19 bits per heavy atom. The second-order valence-corrected chi connectivity index (χ2v) is 12.6. The van der Waals surface area contributed by atoms with Crippen molar-refractivity contribution in [2.45, 2.75) is 57.4 Å². The number of hydrogen-bond donors (Lipinski definition) is 1. The van der Waals surface area contributed by atoms with Crippen molar-refractivity contribution in [3.05, 3.63) is 18.2 Å². The van der Waals surface area contributed by atoms with Gasteiger partial charge in [0.25, 0.3) is 0 Å². The third kappa shape index (κ3) is 5.11. The predicted molar refractivity (Wildman–Crippen MR) is 123 cm³/mol. The van der Waals surface area contributed by atoms with Crippen molar-refractivity contribution in [1.29, 1.82) is 0 Å². The van der Waals surface area contributed by atoms with Gasteiger partial charge >= 0.3 is 0 Å². The molecule has 1 aromatic carbocycles. The number of piperidine rings is 1. The SMILES string of the molecule is CCOc1ccc(N2C(=O)C(C)CS2(=O)=O)cc1S(=O)(=O)NCC(C)(C)N1CCCCC1. The van der Waals surface area contributed by atoms with E-state index in [0.717, 1.165) is 25.9 Å². The molecule has 2 saturated heterocycles. The molecule has 1 aromatic rings. The molecule has 0 saturated carbocycles. The Labute approximate surface area is 191 Å². The molecule has 9 nitrogen and oxygen atoms in total. The van der Waals surface area contributed by atoms with Gasteiger partial charge in [0.15, 0.2) is 0 Å². The third-order valence-corrected chi connectivity index (χ3v) is 9.31. The van der Waals surface area contributed by atoms with Crippen molar-refractivity contribution in [2.24, 2.45) is 5.92 Å². The van der Waals surface area contributed by atoms with Crippen LogP contribution in [-0.2, 0) is 24.8 Å². The van der Waals surface area contributed by atoms with Crippen LogP contribution in [0.2, 0.25) is 0 Å². The molecule has 1 amide bonds. The van der Waals surface area contributed by atoms with Crippen molar-refractivity contribution in [3.63, 3.8) is 0 Å². The maximum atomic E-state index is 13.3. The highest BCUT2D eigenvalue weighted by Crippen LogP contribution is 2.34. The first-order valence-electron chi connectivity index (χ1n) is 11.0. The minimum absolute atomic E-state index is 0.00142. The number of ether oxygens (including phenoxy) is 1. The van der Waals surface area contributed by atoms with Crippen LogP contribution in [0.25, 0.3) is 0 Å². The smallest absolute Gasteiger partial charge is 0.244 e. The number of nitrogens with one attached hydrogen (secondary N) is 1. The normalized spacial score (nSPS) is 22.3. The maximum absolute atomic E-state index is 13.3. The monoisotopic (exact) mass is 487 g/mol. The van der Waals surface area contributed by atoms with Crippen molar-refractivity contribution in [1.82, 2.24) is 9.62 Å². The van der Waals surface area contributed by atoms with E-state index in [0.29, 0.717) is 4.31 Å². The summed E-state index contributed by atoms with van der Waals surface area (Å²) in [6.45, 7) is 9.52. The molecule has 0 aliphatic carbocycles. The first-order valence-corrected chi connectivity index (χ1v) is 14.1. The van der Waals surface area contributed by atoms with Gasteiger partial charge in [-0.3, -0.25) is 9.69 Å². The molecule has 2 aliphatic rings. The zero-order valence-corrected chi connectivity index (χ0v) is 20.8. The summed E-state index contributed by atoms with van der Waals surface area (Å²) in [5.41, 5.74) is -0.390. The van der Waals surface area contributed by atoms with E-state index in [-0.39, 0.29) is 40.8 Å². The number of carbonyl (C=O) groups excluding carboxylic acids is 1. The average Bonchev–Trinajstić information content (AvgIpc) is 2.94. The molecule has 0 spiro atoms. The fourth-order valence-electron chi connectivity index (χ4n) is 4.16. The van der Waals surface area contributed by atoms with E-state index in [2.05, 4.69) is 9.62 Å². The highest BCUT2D eigenvalue weighted by atomic mass is 32.2. The van der Waals surface area contributed by atoms with Crippen LogP contribution in [0.3, 0.4) is 0 Å². The van der Waals surface area contributed by atoms with Crippen LogP contribution in [0.4, 0.5) is 5.69 Å². The van der Waals surface area contributed by atoms with Crippen LogP contribution in [0, 0.1) is 5.92 Å². The minimum atomic E-state index is -4.04. The molecule has 3 rings (SSSR count). The van der Waals surface area contributed by atoms with Crippen molar-refractivity contribution < 1.29 is 26.4 Å². The van der Waals surface area contributed by atoms with Gasteiger partial charge in [-0.05, 0) is 64.9 Å². The maximum Gasteiger partial charge on any atom is 0.244 e. The molecule has 32 heavy (non-hydrogen) atoms. The number of carbonyl (C=O) groups is 1. The van der Waals surface area contributed by atoms with Gasteiger partial charge in [-0.1, -0.05) is 13.3 Å². The number of nitrogens with zero attached hydrogens (tertiary/aromatic N) is 2. The van der Waals surface area contributed by atoms with E-state index in [1.165, 1.54) is 31.5 Å². The second kappa shape index (κ2) is 9.28. The highest BCUT2D eigenvalue weighted by Gasteiger charge is 2.42. The van der Waals surface area contributed by atoms with Crippen LogP contribution in [0.1, 0.15) is 47.0 Å². The van der Waals surface area contributed by atoms with E-state index in [1.807, 2.05) is 13.8 Å². The molecule has 1 unspecified atom stereocenters. The number of rotatable bonds is 8. The molecule has 2 fully saturated rings. The average molecular weight is 488 g/mol. The number of hydrogen-bond acceptors (Lipinski definition) is 7. The van der Waals surface area contributed by atoms with Crippen LogP contribution >= 0.6 is 0 Å². The van der Waals surface area contributed by atoms with E-state index >= 15 is 0 Å². The predicted octanol–water partition coefficient (Wildman–Crippen LogP) is 1.94. The van der Waals surface area contributed by atoms with Gasteiger partial charge in [-0.15, -0.1) is 0 Å². The summed E-state index contributed by atoms with van der Waals surface area (Å²) in [5, 5.41) is 0. The van der Waals surface area contributed by atoms with Crippen LogP contribution < -0.4 is 13.8 Å². The Morgan fingerprint density at radius 2 is 1.84 bits per heavy atom. The molecule has 0 bridgehead atoms. The molecule has 1 atom stereocenters. The van der Waals surface area contributed by atoms with Gasteiger partial charge in [0.2, 0.25) is 26.0 Å². The van der Waals surface area contributed by atoms with E-state index in [4.69, 9.17) is 4.74 Å². The summed E-state index contributed by atoms with van der Waals surface area (Å²) in [7, 11) is -7.89. The first-order chi connectivity index (χ1) is 14.9. The van der Waals surface area contributed by atoms with E-state index in [1.54, 1.807) is 6.92 Å². The summed E-state index contributed by atoms with van der Waals surface area (Å²) < 4.78 is 60.4. The fraction of sp³-hybridized carbons (Fsp3) is 0.667. The zero-order valence-electron chi connectivity index (χ0n) is 19.1. The van der Waals surface area contributed by atoms with Crippen molar-refractivity contribution in [2.75, 3.05) is 36.3 Å². The Balaban J connectivity index is 1.92. The minimum Gasteiger partial charge on any atom is -0.492 e. The summed E-state index contributed by atoms with van der Waals surface area (Å²) in [5.74, 6) is -1.45. The molecule has 0 aromatic heterocycles. The van der Waals surface area contributed by atoms with Crippen molar-refractivity contribution >= 4 is 31.6 Å². The molecule has 11 heteroatoms. The van der Waals surface area contributed by atoms with Crippen LogP contribution in [0.15, 0.2) is 23.1 Å². The summed E-state index contributed by atoms with van der Waals surface area (Å²) in [6, 6.07) is 4.00. The molecule has 1 N–H and O–H groups in total. The van der Waals surface area contributed by atoms with Crippen LogP contribution in [-0.4, -0.2) is 65.2 Å². The Morgan fingerprint density at radius 3 is 2.41 bits per heavy atom. The molecule has 2 aliphatic heterocycles. The quantitative estimate of drug-likeness (QED) is 0.596. The highest BCUT2D eigenvalue weighted by molar-refractivity contribution is 7.94. The van der Waals surface area contributed by atoms with E-state index in [9.17, 15) is 21.6 Å². The lowest BCUT2D eigenvalue weighted by Crippen LogP contribution is -2.53. The lowest BCUT2D eigenvalue weighted by atomic mass is 9.99. The standard InChI is InChI=1S/C21H33N3O6S2/c1-5-30-18-10-9-17(24-20(25)16(2)14-31(24,26)27)13-19(18)32(28,29)22-15-21(3,4)23-11-7-6-8-12-23/h9-10,13,16,22H,5-8,11-12,14-15H2,1-4H3. The number of benzene rings is 1. The fourth-order valence-corrected chi connectivity index (χ4v) is 7.33. The molecule has 0 radical (unpaired) electrons. The number of likely N-dealkylation sites (tertiary alicyclic amines) is 1. The van der Waals surface area contributed by atoms with Gasteiger partial charge in [0, 0.05) is 12.1 Å². The second-order valence-electron chi connectivity index (χ2n) is 9.03. The lowest BCUT2D eigenvalue weighted by molar-refractivity contribution is -0.119. The Bertz CT molecular complexity index is 1060. The molecule has 180 valence electrons. The van der Waals surface area contributed by atoms with Crippen molar-refractivity contribution in [3.8, 4) is 5.75 Å². The first kappa shape index (κ1) is 24.9. The number of sulfonamides is 2. The number of anilines is 1. The summed E-state index contributed by atoms with van der Waals surface area (Å²) >= 11 is 0. The summed E-state index contributed by atoms with van der Waals surface area (Å²) in [6.07, 6.45) is 3.35. The van der Waals surface area contributed by atoms with Gasteiger partial charge in [-0.2, -0.15) is 0 Å². The molecular weight excluding hydrogens is 454 g/mol. The Kier molecular flexibility index (Phi) is 7.23. The van der Waals surface area contributed by atoms with Gasteiger partial charge in [-0.25, -0.2) is 25.9 Å². The lowest BCUT2D eigenvalue weighted by Gasteiger charge is -2.41. The molecular formula is C21H33N3O6S2. The van der Waals surface area contributed by atoms with E-state index < -0.39 is 31.9 Å².